The lowest BCUT2D eigenvalue weighted by atomic mass is 9.75. The molecule has 1 nitrogen and oxygen atoms in total. The first kappa shape index (κ1) is 12.4. The fourth-order valence-corrected chi connectivity index (χ4v) is 3.03. The van der Waals surface area contributed by atoms with Gasteiger partial charge in [-0.3, -0.25) is 0 Å². The van der Waals surface area contributed by atoms with Crippen LogP contribution in [0.25, 0.3) is 0 Å². The predicted molar refractivity (Wildman–Crippen MR) is 66.7 cm³/mol. The van der Waals surface area contributed by atoms with Crippen LogP contribution in [0.5, 0.6) is 0 Å². The molecule has 84 valence electrons. The molecule has 3 atom stereocenters. The third kappa shape index (κ3) is 3.82. The van der Waals surface area contributed by atoms with Crippen LogP contribution in [0, 0.1) is 11.8 Å². The summed E-state index contributed by atoms with van der Waals surface area (Å²) in [5, 5.41) is 0. The first-order valence-corrected chi connectivity index (χ1v) is 7.41. The molecule has 1 rings (SSSR count). The van der Waals surface area contributed by atoms with Crippen molar-refractivity contribution in [3.8, 4) is 0 Å². The van der Waals surface area contributed by atoms with Gasteiger partial charge in [-0.2, -0.15) is 11.8 Å². The summed E-state index contributed by atoms with van der Waals surface area (Å²) in [7, 11) is 0. The fourth-order valence-electron chi connectivity index (χ4n) is 2.58. The molecule has 0 spiro atoms. The maximum Gasteiger partial charge on any atom is 0.00673 e. The molecule has 0 aromatic rings. The van der Waals surface area contributed by atoms with E-state index in [2.05, 4.69) is 13.2 Å². The minimum atomic E-state index is 0.500. The van der Waals surface area contributed by atoms with Gasteiger partial charge in [0.2, 0.25) is 0 Å². The second kappa shape index (κ2) is 6.73. The van der Waals surface area contributed by atoms with E-state index in [0.29, 0.717) is 6.04 Å². The molecule has 2 heteroatoms. The van der Waals surface area contributed by atoms with E-state index in [9.17, 15) is 0 Å². The zero-order chi connectivity index (χ0) is 10.4. The van der Waals surface area contributed by atoms with Crippen molar-refractivity contribution in [2.24, 2.45) is 17.6 Å². The summed E-state index contributed by atoms with van der Waals surface area (Å²) in [6.07, 6.45) is 10.3. The van der Waals surface area contributed by atoms with Gasteiger partial charge in [-0.05, 0) is 55.9 Å². The van der Waals surface area contributed by atoms with Gasteiger partial charge in [-0.15, -0.1) is 0 Å². The molecule has 2 N–H and O–H groups in total. The van der Waals surface area contributed by atoms with E-state index in [4.69, 9.17) is 5.73 Å². The Hall–Kier alpha value is 0.310. The van der Waals surface area contributed by atoms with E-state index < -0.39 is 0 Å². The smallest absolute Gasteiger partial charge is 0.00673 e. The van der Waals surface area contributed by atoms with Crippen LogP contribution in [0.1, 0.15) is 45.4 Å². The molecule has 0 radical (unpaired) electrons. The summed E-state index contributed by atoms with van der Waals surface area (Å²) in [4.78, 5) is 0. The third-order valence-corrected chi connectivity index (χ3v) is 4.35. The van der Waals surface area contributed by atoms with Crippen LogP contribution in [0.2, 0.25) is 0 Å². The van der Waals surface area contributed by atoms with E-state index in [1.54, 1.807) is 0 Å². The van der Waals surface area contributed by atoms with Gasteiger partial charge in [0, 0.05) is 6.04 Å². The Morgan fingerprint density at radius 1 is 1.36 bits per heavy atom. The van der Waals surface area contributed by atoms with Crippen LogP contribution in [0.3, 0.4) is 0 Å². The molecule has 0 heterocycles. The molecule has 0 aliphatic heterocycles. The van der Waals surface area contributed by atoms with Crippen LogP contribution >= 0.6 is 11.8 Å². The van der Waals surface area contributed by atoms with E-state index >= 15 is 0 Å². The maximum absolute atomic E-state index is 6.17. The number of hydrogen-bond donors (Lipinski definition) is 1. The van der Waals surface area contributed by atoms with Crippen LogP contribution in [-0.4, -0.2) is 18.1 Å². The Morgan fingerprint density at radius 3 is 2.79 bits per heavy atom. The molecular formula is C12H25NS. The first-order chi connectivity index (χ1) is 6.77. The zero-order valence-electron chi connectivity index (χ0n) is 9.67. The normalized spacial score (nSPS) is 33.2. The molecule has 1 aliphatic carbocycles. The SMILES string of the molecule is CCC1CCC(N)C(CCCSC)C1. The molecule has 0 saturated heterocycles. The quantitative estimate of drug-likeness (QED) is 0.712. The van der Waals surface area contributed by atoms with E-state index in [0.717, 1.165) is 11.8 Å². The first-order valence-electron chi connectivity index (χ1n) is 6.02. The van der Waals surface area contributed by atoms with Gasteiger partial charge in [0.15, 0.2) is 0 Å². The lowest BCUT2D eigenvalue weighted by Crippen LogP contribution is -2.36. The van der Waals surface area contributed by atoms with Gasteiger partial charge in [0.25, 0.3) is 0 Å². The third-order valence-electron chi connectivity index (χ3n) is 3.65. The largest absolute Gasteiger partial charge is 0.327 e. The number of nitrogens with two attached hydrogens (primary N) is 1. The molecule has 0 aromatic heterocycles. The topological polar surface area (TPSA) is 26.0 Å². The second-order valence-electron chi connectivity index (χ2n) is 4.65. The number of rotatable bonds is 5. The Kier molecular flexibility index (Phi) is 5.95. The van der Waals surface area contributed by atoms with Crippen LogP contribution in [-0.2, 0) is 0 Å². The van der Waals surface area contributed by atoms with Crippen molar-refractivity contribution in [3.63, 3.8) is 0 Å². The minimum absolute atomic E-state index is 0.500. The molecular weight excluding hydrogens is 190 g/mol. The highest BCUT2D eigenvalue weighted by Crippen LogP contribution is 2.33. The van der Waals surface area contributed by atoms with Gasteiger partial charge in [0.1, 0.15) is 0 Å². The summed E-state index contributed by atoms with van der Waals surface area (Å²) in [6, 6.07) is 0.500. The van der Waals surface area contributed by atoms with Crippen LogP contribution < -0.4 is 5.73 Å². The summed E-state index contributed by atoms with van der Waals surface area (Å²) in [5.74, 6) is 3.09. The van der Waals surface area contributed by atoms with Crippen molar-refractivity contribution < 1.29 is 0 Å². The van der Waals surface area contributed by atoms with Crippen molar-refractivity contribution >= 4 is 11.8 Å². The van der Waals surface area contributed by atoms with E-state index in [1.807, 2.05) is 11.8 Å². The summed E-state index contributed by atoms with van der Waals surface area (Å²) in [6.45, 7) is 2.32. The second-order valence-corrected chi connectivity index (χ2v) is 5.63. The molecule has 14 heavy (non-hydrogen) atoms. The average Bonchev–Trinajstić information content (AvgIpc) is 2.21. The summed E-state index contributed by atoms with van der Waals surface area (Å²) in [5.41, 5.74) is 6.17. The molecule has 0 amide bonds. The number of hydrogen-bond acceptors (Lipinski definition) is 2. The monoisotopic (exact) mass is 215 g/mol. The van der Waals surface area contributed by atoms with Gasteiger partial charge < -0.3 is 5.73 Å². The van der Waals surface area contributed by atoms with Gasteiger partial charge in [-0.1, -0.05) is 13.3 Å². The molecule has 3 unspecified atom stereocenters. The van der Waals surface area contributed by atoms with Crippen LogP contribution in [0.15, 0.2) is 0 Å². The molecule has 0 aromatic carbocycles. The van der Waals surface area contributed by atoms with E-state index in [-0.39, 0.29) is 0 Å². The standard InChI is InChI=1S/C12H25NS/c1-3-10-6-7-12(13)11(9-10)5-4-8-14-2/h10-12H,3-9,13H2,1-2H3. The van der Waals surface area contributed by atoms with E-state index in [1.165, 1.54) is 44.3 Å². The predicted octanol–water partition coefficient (Wildman–Crippen LogP) is 3.28. The Labute approximate surface area is 93.2 Å². The van der Waals surface area contributed by atoms with Crippen molar-refractivity contribution in [3.05, 3.63) is 0 Å². The highest BCUT2D eigenvalue weighted by molar-refractivity contribution is 7.98. The molecule has 1 fully saturated rings. The Bertz CT molecular complexity index is 149. The average molecular weight is 215 g/mol. The lowest BCUT2D eigenvalue weighted by Gasteiger charge is -2.33. The van der Waals surface area contributed by atoms with Gasteiger partial charge >= 0.3 is 0 Å². The summed E-state index contributed by atoms with van der Waals surface area (Å²) < 4.78 is 0. The number of thioether (sulfide) groups is 1. The molecule has 0 bridgehead atoms. The highest BCUT2D eigenvalue weighted by Gasteiger charge is 2.26. The Balaban J connectivity index is 2.25. The fraction of sp³-hybridized carbons (Fsp3) is 1.00. The van der Waals surface area contributed by atoms with Crippen molar-refractivity contribution in [2.45, 2.75) is 51.5 Å². The van der Waals surface area contributed by atoms with Crippen molar-refractivity contribution in [2.75, 3.05) is 12.0 Å². The molecule has 1 aliphatic rings. The Morgan fingerprint density at radius 2 is 2.14 bits per heavy atom. The molecule has 1 saturated carbocycles. The van der Waals surface area contributed by atoms with Gasteiger partial charge in [0.05, 0.1) is 0 Å². The zero-order valence-corrected chi connectivity index (χ0v) is 10.5. The van der Waals surface area contributed by atoms with Crippen molar-refractivity contribution in [1.82, 2.24) is 0 Å². The van der Waals surface area contributed by atoms with Crippen molar-refractivity contribution in [1.29, 1.82) is 0 Å². The minimum Gasteiger partial charge on any atom is -0.327 e. The highest BCUT2D eigenvalue weighted by atomic mass is 32.2. The maximum atomic E-state index is 6.17. The summed E-state index contributed by atoms with van der Waals surface area (Å²) >= 11 is 1.96. The van der Waals surface area contributed by atoms with Gasteiger partial charge in [-0.25, -0.2) is 0 Å². The lowest BCUT2D eigenvalue weighted by molar-refractivity contribution is 0.217. The van der Waals surface area contributed by atoms with Crippen LogP contribution in [0.4, 0.5) is 0 Å².